The molecule has 6 rings (SSSR count). The molecular formula is C26H20N4O4S. The number of anilines is 1. The van der Waals surface area contributed by atoms with Gasteiger partial charge in [0.1, 0.15) is 11.0 Å². The minimum atomic E-state index is -0.224. The first-order valence-electron chi connectivity index (χ1n) is 11.0. The van der Waals surface area contributed by atoms with E-state index < -0.39 is 0 Å². The summed E-state index contributed by atoms with van der Waals surface area (Å²) in [7, 11) is 0. The van der Waals surface area contributed by atoms with E-state index in [1.54, 1.807) is 22.8 Å². The van der Waals surface area contributed by atoms with Crippen molar-refractivity contribution in [2.45, 2.75) is 12.1 Å². The molecule has 3 heterocycles. The number of carbonyl (C=O) groups is 1. The highest BCUT2D eigenvalue weighted by molar-refractivity contribution is 7.99. The average molecular weight is 485 g/mol. The summed E-state index contributed by atoms with van der Waals surface area (Å²) in [5, 5.41) is 4.18. The molecule has 174 valence electrons. The molecule has 0 saturated carbocycles. The van der Waals surface area contributed by atoms with Crippen LogP contribution in [0, 0.1) is 6.92 Å². The van der Waals surface area contributed by atoms with Crippen LogP contribution >= 0.6 is 11.8 Å². The largest absolute Gasteiger partial charge is 0.454 e. The molecule has 2 aromatic heterocycles. The lowest BCUT2D eigenvalue weighted by Gasteiger charge is -2.14. The number of benzene rings is 3. The molecule has 9 heteroatoms. The van der Waals surface area contributed by atoms with Crippen LogP contribution in [-0.4, -0.2) is 33.0 Å². The Hall–Kier alpha value is -4.24. The van der Waals surface area contributed by atoms with Crippen LogP contribution in [0.15, 0.2) is 76.7 Å². The zero-order valence-electron chi connectivity index (χ0n) is 18.7. The quantitative estimate of drug-likeness (QED) is 0.279. The van der Waals surface area contributed by atoms with Gasteiger partial charge in [0.25, 0.3) is 5.56 Å². The Kier molecular flexibility index (Phi) is 5.18. The van der Waals surface area contributed by atoms with E-state index >= 15 is 0 Å². The normalized spacial score (nSPS) is 12.4. The number of para-hydroxylation sites is 2. The number of aryl methyl sites for hydroxylation is 1. The zero-order valence-corrected chi connectivity index (χ0v) is 19.5. The Bertz CT molecular complexity index is 1670. The van der Waals surface area contributed by atoms with Gasteiger partial charge in [-0.3, -0.25) is 14.2 Å². The molecule has 0 fully saturated rings. The maximum absolute atomic E-state index is 13.7. The monoisotopic (exact) mass is 484 g/mol. The second-order valence-corrected chi connectivity index (χ2v) is 9.06. The van der Waals surface area contributed by atoms with Crippen LogP contribution in [0.25, 0.3) is 27.6 Å². The van der Waals surface area contributed by atoms with Gasteiger partial charge in [0.2, 0.25) is 12.7 Å². The molecule has 35 heavy (non-hydrogen) atoms. The first-order chi connectivity index (χ1) is 17.1. The molecular weight excluding hydrogens is 464 g/mol. The Morgan fingerprint density at radius 2 is 1.89 bits per heavy atom. The van der Waals surface area contributed by atoms with Crippen molar-refractivity contribution in [1.82, 2.24) is 14.5 Å². The minimum absolute atomic E-state index is 0.0701. The Morgan fingerprint density at radius 3 is 2.77 bits per heavy atom. The van der Waals surface area contributed by atoms with Crippen LogP contribution in [-0.2, 0) is 4.79 Å². The summed E-state index contributed by atoms with van der Waals surface area (Å²) in [6.45, 7) is 2.11. The SMILES string of the molecule is Cc1ccccc1-n1c(SCC(=O)Nc2ccc3c(c2)OCO3)nc2c([nH]c3ccccc32)c1=O. The highest BCUT2D eigenvalue weighted by Crippen LogP contribution is 2.34. The fourth-order valence-electron chi connectivity index (χ4n) is 4.17. The second kappa shape index (κ2) is 8.52. The van der Waals surface area contributed by atoms with E-state index in [1.807, 2.05) is 55.5 Å². The van der Waals surface area contributed by atoms with Crippen molar-refractivity contribution >= 4 is 45.3 Å². The second-order valence-electron chi connectivity index (χ2n) is 8.12. The van der Waals surface area contributed by atoms with Gasteiger partial charge in [0.05, 0.1) is 11.4 Å². The first-order valence-corrected chi connectivity index (χ1v) is 12.0. The van der Waals surface area contributed by atoms with Crippen LogP contribution in [0.2, 0.25) is 0 Å². The number of carbonyl (C=O) groups excluding carboxylic acids is 1. The third-order valence-electron chi connectivity index (χ3n) is 5.84. The van der Waals surface area contributed by atoms with Crippen LogP contribution < -0.4 is 20.3 Å². The maximum Gasteiger partial charge on any atom is 0.283 e. The third-order valence-corrected chi connectivity index (χ3v) is 6.78. The lowest BCUT2D eigenvalue weighted by molar-refractivity contribution is -0.113. The topological polar surface area (TPSA) is 98.2 Å². The third kappa shape index (κ3) is 3.79. The van der Waals surface area contributed by atoms with E-state index in [2.05, 4.69) is 10.3 Å². The summed E-state index contributed by atoms with van der Waals surface area (Å²) >= 11 is 1.21. The highest BCUT2D eigenvalue weighted by atomic mass is 32.2. The van der Waals surface area contributed by atoms with Crippen LogP contribution in [0.3, 0.4) is 0 Å². The fraction of sp³-hybridized carbons (Fsp3) is 0.115. The van der Waals surface area contributed by atoms with Gasteiger partial charge in [-0.15, -0.1) is 0 Å². The van der Waals surface area contributed by atoms with Gasteiger partial charge in [-0.1, -0.05) is 48.2 Å². The van der Waals surface area contributed by atoms with Crippen molar-refractivity contribution < 1.29 is 14.3 Å². The number of fused-ring (bicyclic) bond motifs is 4. The molecule has 0 spiro atoms. The van der Waals surface area contributed by atoms with Crippen molar-refractivity contribution in [3.63, 3.8) is 0 Å². The number of nitrogens with zero attached hydrogens (tertiary/aromatic N) is 2. The fourth-order valence-corrected chi connectivity index (χ4v) is 4.97. The number of aromatic amines is 1. The molecule has 1 amide bonds. The number of aromatic nitrogens is 3. The van der Waals surface area contributed by atoms with Gasteiger partial charge in [-0.2, -0.15) is 0 Å². The van der Waals surface area contributed by atoms with Crippen molar-refractivity contribution in [2.24, 2.45) is 0 Å². The van der Waals surface area contributed by atoms with E-state index in [4.69, 9.17) is 14.5 Å². The van der Waals surface area contributed by atoms with Crippen molar-refractivity contribution in [2.75, 3.05) is 17.9 Å². The summed E-state index contributed by atoms with van der Waals surface area (Å²) in [5.74, 6) is 1.09. The first kappa shape index (κ1) is 21.3. The smallest absolute Gasteiger partial charge is 0.283 e. The lowest BCUT2D eigenvalue weighted by atomic mass is 10.2. The highest BCUT2D eigenvalue weighted by Gasteiger charge is 2.19. The lowest BCUT2D eigenvalue weighted by Crippen LogP contribution is -2.23. The minimum Gasteiger partial charge on any atom is -0.454 e. The molecule has 1 aliphatic rings. The van der Waals surface area contributed by atoms with Crippen molar-refractivity contribution in [3.8, 4) is 17.2 Å². The predicted molar refractivity (Wildman–Crippen MR) is 136 cm³/mol. The molecule has 0 aliphatic carbocycles. The summed E-state index contributed by atoms with van der Waals surface area (Å²) in [6.07, 6.45) is 0. The van der Waals surface area contributed by atoms with Gasteiger partial charge < -0.3 is 19.8 Å². The Morgan fingerprint density at radius 1 is 1.09 bits per heavy atom. The van der Waals surface area contributed by atoms with Crippen LogP contribution in [0.1, 0.15) is 5.56 Å². The van der Waals surface area contributed by atoms with Crippen LogP contribution in [0.5, 0.6) is 11.5 Å². The molecule has 5 aromatic rings. The summed E-state index contributed by atoms with van der Waals surface area (Å²) in [4.78, 5) is 34.5. The number of H-pyrrole nitrogens is 1. The summed E-state index contributed by atoms with van der Waals surface area (Å²) in [5.41, 5.74) is 3.92. The maximum atomic E-state index is 13.7. The van der Waals surface area contributed by atoms with Crippen molar-refractivity contribution in [1.29, 1.82) is 0 Å². The van der Waals surface area contributed by atoms with Crippen molar-refractivity contribution in [3.05, 3.63) is 82.6 Å². The number of hydrogen-bond acceptors (Lipinski definition) is 6. The number of amides is 1. The Balaban J connectivity index is 1.37. The van der Waals surface area contributed by atoms with Gasteiger partial charge in [-0.05, 0) is 36.8 Å². The molecule has 1 aliphatic heterocycles. The number of nitrogens with one attached hydrogen (secondary N) is 2. The molecule has 0 bridgehead atoms. The zero-order chi connectivity index (χ0) is 23.9. The van der Waals surface area contributed by atoms with E-state index in [-0.39, 0.29) is 24.0 Å². The summed E-state index contributed by atoms with van der Waals surface area (Å²) in [6, 6.07) is 20.5. The molecule has 8 nitrogen and oxygen atoms in total. The van der Waals surface area contributed by atoms with E-state index in [0.29, 0.717) is 33.4 Å². The van der Waals surface area contributed by atoms with Gasteiger partial charge in [-0.25, -0.2) is 4.98 Å². The molecule has 2 N–H and O–H groups in total. The van der Waals surface area contributed by atoms with Gasteiger partial charge >= 0.3 is 0 Å². The number of thioether (sulfide) groups is 1. The molecule has 0 atom stereocenters. The van der Waals surface area contributed by atoms with E-state index in [0.717, 1.165) is 22.2 Å². The number of rotatable bonds is 5. The number of hydrogen-bond donors (Lipinski definition) is 2. The molecule has 0 radical (unpaired) electrons. The van der Waals surface area contributed by atoms with E-state index in [9.17, 15) is 9.59 Å². The van der Waals surface area contributed by atoms with Gasteiger partial charge in [0.15, 0.2) is 16.7 Å². The van der Waals surface area contributed by atoms with Gasteiger partial charge in [0, 0.05) is 22.7 Å². The molecule has 0 saturated heterocycles. The van der Waals surface area contributed by atoms with E-state index in [1.165, 1.54) is 11.8 Å². The van der Waals surface area contributed by atoms with Crippen LogP contribution in [0.4, 0.5) is 5.69 Å². The standard InChI is InChI=1S/C26H20N4O4S/c1-15-6-2-5-9-19(15)30-25(32)24-23(17-7-3-4-8-18(17)28-24)29-26(30)35-13-22(31)27-16-10-11-20-21(12-16)34-14-33-20/h2-12,28H,13-14H2,1H3,(H,27,31). The number of ether oxygens (including phenoxy) is 2. The molecule has 0 unspecified atom stereocenters. The Labute approximate surface area is 203 Å². The average Bonchev–Trinajstić information content (AvgIpc) is 3.48. The molecule has 3 aromatic carbocycles. The summed E-state index contributed by atoms with van der Waals surface area (Å²) < 4.78 is 12.3. The predicted octanol–water partition coefficient (Wildman–Crippen LogP) is 4.63.